The van der Waals surface area contributed by atoms with Crippen LogP contribution in [0.4, 0.5) is 5.82 Å². The molecule has 1 aromatic carbocycles. The molecule has 20 heavy (non-hydrogen) atoms. The van der Waals surface area contributed by atoms with Crippen LogP contribution in [0.25, 0.3) is 11.0 Å². The summed E-state index contributed by atoms with van der Waals surface area (Å²) >= 11 is 0. The van der Waals surface area contributed by atoms with Crippen LogP contribution in [0.1, 0.15) is 45.2 Å². The number of para-hydroxylation sites is 2. The molecule has 1 unspecified atom stereocenters. The minimum Gasteiger partial charge on any atom is -0.365 e. The molecule has 1 heterocycles. The van der Waals surface area contributed by atoms with Gasteiger partial charge >= 0.3 is 0 Å². The van der Waals surface area contributed by atoms with Gasteiger partial charge in [-0.15, -0.1) is 0 Å². The molecule has 0 bridgehead atoms. The highest BCUT2D eigenvalue weighted by atomic mass is 15.1. The normalized spacial score (nSPS) is 21.9. The molecule has 1 aliphatic carbocycles. The molecule has 0 aliphatic heterocycles. The van der Waals surface area contributed by atoms with Crippen molar-refractivity contribution in [3.05, 3.63) is 30.0 Å². The molecule has 0 radical (unpaired) electrons. The maximum absolute atomic E-state index is 4.76. The monoisotopic (exact) mass is 269 g/mol. The Labute approximate surface area is 120 Å². The lowest BCUT2D eigenvalue weighted by Crippen LogP contribution is -2.39. The van der Waals surface area contributed by atoms with Gasteiger partial charge in [-0.3, -0.25) is 0 Å². The van der Waals surface area contributed by atoms with Crippen LogP contribution in [0.2, 0.25) is 0 Å². The predicted octanol–water partition coefficient (Wildman–Crippen LogP) is 4.32. The van der Waals surface area contributed by atoms with Gasteiger partial charge in [-0.1, -0.05) is 38.8 Å². The van der Waals surface area contributed by atoms with E-state index in [1.807, 2.05) is 31.2 Å². The van der Waals surface area contributed by atoms with Gasteiger partial charge < -0.3 is 5.32 Å². The number of anilines is 1. The molecule has 1 fully saturated rings. The molecule has 1 saturated carbocycles. The van der Waals surface area contributed by atoms with Crippen LogP contribution >= 0.6 is 0 Å². The fourth-order valence-electron chi connectivity index (χ4n) is 3.15. The van der Waals surface area contributed by atoms with Crippen LogP contribution < -0.4 is 5.32 Å². The van der Waals surface area contributed by atoms with Crippen molar-refractivity contribution in [2.75, 3.05) is 5.32 Å². The Kier molecular flexibility index (Phi) is 3.36. The van der Waals surface area contributed by atoms with Crippen molar-refractivity contribution in [1.29, 1.82) is 0 Å². The molecule has 0 amide bonds. The van der Waals surface area contributed by atoms with Crippen molar-refractivity contribution >= 4 is 16.9 Å². The number of fused-ring (bicyclic) bond motifs is 1. The van der Waals surface area contributed by atoms with Crippen molar-refractivity contribution in [1.82, 2.24) is 9.97 Å². The summed E-state index contributed by atoms with van der Waals surface area (Å²) in [6, 6.07) is 8.56. The summed E-state index contributed by atoms with van der Waals surface area (Å²) in [5, 5.41) is 3.66. The standard InChI is InChI=1S/C17H23N3/c1-12-16(19-14-9-5-4-8-13(14)18-12)20-15-10-6-7-11-17(15,2)3/h4-5,8-9,15H,6-7,10-11H2,1-3H3,(H,19,20). The summed E-state index contributed by atoms with van der Waals surface area (Å²) in [5.74, 6) is 0.948. The van der Waals surface area contributed by atoms with E-state index in [1.165, 1.54) is 25.7 Å². The van der Waals surface area contributed by atoms with Crippen molar-refractivity contribution in [3.63, 3.8) is 0 Å². The number of nitrogens with one attached hydrogen (secondary N) is 1. The number of benzene rings is 1. The Bertz CT molecular complexity index is 619. The lowest BCUT2D eigenvalue weighted by Gasteiger charge is -2.39. The number of hydrogen-bond donors (Lipinski definition) is 1. The number of aryl methyl sites for hydroxylation is 1. The van der Waals surface area contributed by atoms with Crippen LogP contribution in [0, 0.1) is 12.3 Å². The summed E-state index contributed by atoms with van der Waals surface area (Å²) < 4.78 is 0. The van der Waals surface area contributed by atoms with Gasteiger partial charge in [0.05, 0.1) is 16.7 Å². The number of nitrogens with zero attached hydrogens (tertiary/aromatic N) is 2. The van der Waals surface area contributed by atoms with Crippen LogP contribution in [0.5, 0.6) is 0 Å². The first kappa shape index (κ1) is 13.3. The van der Waals surface area contributed by atoms with Gasteiger partial charge in [0, 0.05) is 6.04 Å². The smallest absolute Gasteiger partial charge is 0.148 e. The highest BCUT2D eigenvalue weighted by Gasteiger charge is 2.32. The minimum absolute atomic E-state index is 0.331. The largest absolute Gasteiger partial charge is 0.365 e. The summed E-state index contributed by atoms with van der Waals surface area (Å²) in [7, 11) is 0. The van der Waals surface area contributed by atoms with Gasteiger partial charge in [-0.2, -0.15) is 0 Å². The molecule has 106 valence electrons. The first-order chi connectivity index (χ1) is 9.56. The third-order valence-electron chi connectivity index (χ3n) is 4.56. The van der Waals surface area contributed by atoms with Gasteiger partial charge in [0.25, 0.3) is 0 Å². The number of aromatic nitrogens is 2. The van der Waals surface area contributed by atoms with E-state index in [4.69, 9.17) is 4.98 Å². The van der Waals surface area contributed by atoms with Gasteiger partial charge in [0.2, 0.25) is 0 Å². The predicted molar refractivity (Wildman–Crippen MR) is 83.9 cm³/mol. The zero-order valence-electron chi connectivity index (χ0n) is 12.6. The van der Waals surface area contributed by atoms with Crippen LogP contribution in [-0.4, -0.2) is 16.0 Å². The van der Waals surface area contributed by atoms with Gasteiger partial charge in [-0.05, 0) is 37.3 Å². The molecule has 2 aromatic rings. The van der Waals surface area contributed by atoms with Crippen LogP contribution in [0.15, 0.2) is 24.3 Å². The molecular weight excluding hydrogens is 246 g/mol. The number of hydrogen-bond acceptors (Lipinski definition) is 3. The second kappa shape index (κ2) is 5.04. The highest BCUT2D eigenvalue weighted by Crippen LogP contribution is 2.37. The van der Waals surface area contributed by atoms with Crippen LogP contribution in [-0.2, 0) is 0 Å². The van der Waals surface area contributed by atoms with E-state index in [1.54, 1.807) is 0 Å². The van der Waals surface area contributed by atoms with Crippen molar-refractivity contribution in [3.8, 4) is 0 Å². The van der Waals surface area contributed by atoms with E-state index in [9.17, 15) is 0 Å². The average molecular weight is 269 g/mol. The van der Waals surface area contributed by atoms with E-state index < -0.39 is 0 Å². The fourth-order valence-corrected chi connectivity index (χ4v) is 3.15. The van der Waals surface area contributed by atoms with Gasteiger partial charge in [0.15, 0.2) is 0 Å². The van der Waals surface area contributed by atoms with Gasteiger partial charge in [-0.25, -0.2) is 9.97 Å². The maximum atomic E-state index is 4.76. The van der Waals surface area contributed by atoms with Crippen LogP contribution in [0.3, 0.4) is 0 Å². The van der Waals surface area contributed by atoms with Crippen molar-refractivity contribution in [2.45, 2.75) is 52.5 Å². The Balaban J connectivity index is 1.92. The molecule has 0 saturated heterocycles. The second-order valence-corrected chi connectivity index (χ2v) is 6.58. The third-order valence-corrected chi connectivity index (χ3v) is 4.56. The first-order valence-electron chi connectivity index (χ1n) is 7.56. The second-order valence-electron chi connectivity index (χ2n) is 6.58. The zero-order valence-corrected chi connectivity index (χ0v) is 12.6. The molecule has 3 nitrogen and oxygen atoms in total. The lowest BCUT2D eigenvalue weighted by atomic mass is 9.73. The topological polar surface area (TPSA) is 37.8 Å². The molecule has 3 heteroatoms. The summed E-state index contributed by atoms with van der Waals surface area (Å²) in [6.45, 7) is 6.75. The average Bonchev–Trinajstić information content (AvgIpc) is 2.41. The number of rotatable bonds is 2. The summed E-state index contributed by atoms with van der Waals surface area (Å²) in [4.78, 5) is 9.42. The molecule has 3 rings (SSSR count). The highest BCUT2D eigenvalue weighted by molar-refractivity contribution is 5.76. The maximum Gasteiger partial charge on any atom is 0.148 e. The van der Waals surface area contributed by atoms with E-state index in [0.717, 1.165) is 22.5 Å². The fraction of sp³-hybridized carbons (Fsp3) is 0.529. The Morgan fingerprint density at radius 2 is 1.80 bits per heavy atom. The molecule has 1 N–H and O–H groups in total. The molecule has 1 aromatic heterocycles. The Morgan fingerprint density at radius 3 is 2.50 bits per heavy atom. The molecule has 1 aliphatic rings. The quantitative estimate of drug-likeness (QED) is 0.882. The van der Waals surface area contributed by atoms with E-state index in [0.29, 0.717) is 11.5 Å². The first-order valence-corrected chi connectivity index (χ1v) is 7.56. The summed E-state index contributed by atoms with van der Waals surface area (Å²) in [5.41, 5.74) is 3.26. The SMILES string of the molecule is Cc1nc2ccccc2nc1NC1CCCCC1(C)C. The molecule has 1 atom stereocenters. The molecule has 0 spiro atoms. The lowest BCUT2D eigenvalue weighted by molar-refractivity contribution is 0.216. The molecular formula is C17H23N3. The Hall–Kier alpha value is -1.64. The van der Waals surface area contributed by atoms with Crippen molar-refractivity contribution < 1.29 is 0 Å². The third kappa shape index (κ3) is 2.49. The van der Waals surface area contributed by atoms with Gasteiger partial charge in [0.1, 0.15) is 5.82 Å². The van der Waals surface area contributed by atoms with E-state index in [2.05, 4.69) is 24.1 Å². The van der Waals surface area contributed by atoms with E-state index >= 15 is 0 Å². The van der Waals surface area contributed by atoms with Crippen molar-refractivity contribution in [2.24, 2.45) is 5.41 Å². The van der Waals surface area contributed by atoms with E-state index in [-0.39, 0.29) is 0 Å². The minimum atomic E-state index is 0.331. The summed E-state index contributed by atoms with van der Waals surface area (Å²) in [6.07, 6.45) is 5.15. The zero-order chi connectivity index (χ0) is 14.2. The Morgan fingerprint density at radius 1 is 1.10 bits per heavy atom.